The van der Waals surface area contributed by atoms with E-state index >= 15 is 0 Å². The first kappa shape index (κ1) is 13.6. The third-order valence-electron chi connectivity index (χ3n) is 2.43. The molecule has 0 amide bonds. The summed E-state index contributed by atoms with van der Waals surface area (Å²) in [5, 5.41) is 21.2. The summed E-state index contributed by atoms with van der Waals surface area (Å²) >= 11 is 1.15. The van der Waals surface area contributed by atoms with Crippen LogP contribution in [-0.4, -0.2) is 36.7 Å². The summed E-state index contributed by atoms with van der Waals surface area (Å²) in [6.07, 6.45) is 0.716. The molecule has 102 valence electrons. The molecular weight excluding hydrogens is 268 g/mol. The summed E-state index contributed by atoms with van der Waals surface area (Å²) in [6, 6.07) is 1.84. The minimum absolute atomic E-state index is 0.0444. The van der Waals surface area contributed by atoms with E-state index in [1.165, 1.54) is 0 Å². The number of aliphatic carboxylic acids is 1. The van der Waals surface area contributed by atoms with Gasteiger partial charge in [-0.05, 0) is 6.92 Å². The molecule has 0 aliphatic carbocycles. The van der Waals surface area contributed by atoms with E-state index < -0.39 is 5.97 Å². The number of rotatable bonds is 6. The molecule has 0 fully saturated rings. The standard InChI is InChI=1S/C11H14N4O3S/c1-3-9-12-13-11(19-6-10(16)17)15(9)5-8-4-7(2)14-18-8/h4H,3,5-6H2,1-2H3,(H,16,17). The van der Waals surface area contributed by atoms with Gasteiger partial charge in [-0.3, -0.25) is 9.36 Å². The maximum atomic E-state index is 10.6. The second kappa shape index (κ2) is 5.87. The zero-order chi connectivity index (χ0) is 13.8. The summed E-state index contributed by atoms with van der Waals surface area (Å²) in [6.45, 7) is 4.27. The van der Waals surface area contributed by atoms with Gasteiger partial charge >= 0.3 is 5.97 Å². The van der Waals surface area contributed by atoms with Gasteiger partial charge in [-0.25, -0.2) is 0 Å². The molecule has 2 aromatic rings. The normalized spacial score (nSPS) is 10.8. The lowest BCUT2D eigenvalue weighted by atomic mass is 10.3. The van der Waals surface area contributed by atoms with Gasteiger partial charge in [0.25, 0.3) is 0 Å². The van der Waals surface area contributed by atoms with Crippen LogP contribution in [0.1, 0.15) is 24.2 Å². The van der Waals surface area contributed by atoms with Crippen LogP contribution in [0.5, 0.6) is 0 Å². The first-order valence-electron chi connectivity index (χ1n) is 5.79. The van der Waals surface area contributed by atoms with Gasteiger partial charge in [0.15, 0.2) is 10.9 Å². The SMILES string of the molecule is CCc1nnc(SCC(=O)O)n1Cc1cc(C)no1. The van der Waals surface area contributed by atoms with Crippen LogP contribution >= 0.6 is 11.8 Å². The number of nitrogens with zero attached hydrogens (tertiary/aromatic N) is 4. The quantitative estimate of drug-likeness (QED) is 0.799. The van der Waals surface area contributed by atoms with Crippen LogP contribution in [0.2, 0.25) is 0 Å². The van der Waals surface area contributed by atoms with E-state index in [1.807, 2.05) is 24.5 Å². The van der Waals surface area contributed by atoms with E-state index in [4.69, 9.17) is 9.63 Å². The lowest BCUT2D eigenvalue weighted by Crippen LogP contribution is -2.07. The molecule has 1 N–H and O–H groups in total. The molecule has 8 heteroatoms. The highest BCUT2D eigenvalue weighted by molar-refractivity contribution is 7.99. The smallest absolute Gasteiger partial charge is 0.313 e. The van der Waals surface area contributed by atoms with Crippen molar-refractivity contribution < 1.29 is 14.4 Å². The first-order valence-corrected chi connectivity index (χ1v) is 6.77. The van der Waals surface area contributed by atoms with Crippen molar-refractivity contribution in [1.29, 1.82) is 0 Å². The molecule has 0 atom stereocenters. The maximum Gasteiger partial charge on any atom is 0.313 e. The van der Waals surface area contributed by atoms with Crippen molar-refractivity contribution in [3.63, 3.8) is 0 Å². The largest absolute Gasteiger partial charge is 0.481 e. The molecule has 2 aromatic heterocycles. The Kier molecular flexibility index (Phi) is 4.20. The van der Waals surface area contributed by atoms with E-state index in [-0.39, 0.29) is 5.75 Å². The fourth-order valence-corrected chi connectivity index (χ4v) is 2.30. The molecule has 2 rings (SSSR count). The second-order valence-electron chi connectivity index (χ2n) is 3.96. The minimum atomic E-state index is -0.881. The van der Waals surface area contributed by atoms with Crippen molar-refractivity contribution in [1.82, 2.24) is 19.9 Å². The van der Waals surface area contributed by atoms with Crippen molar-refractivity contribution in [3.05, 3.63) is 23.3 Å². The summed E-state index contributed by atoms with van der Waals surface area (Å²) in [5.41, 5.74) is 0.806. The third-order valence-corrected chi connectivity index (χ3v) is 3.38. The monoisotopic (exact) mass is 282 g/mol. The molecule has 0 radical (unpaired) electrons. The lowest BCUT2D eigenvalue weighted by Gasteiger charge is -2.05. The van der Waals surface area contributed by atoms with Crippen molar-refractivity contribution in [2.24, 2.45) is 0 Å². The van der Waals surface area contributed by atoms with E-state index in [9.17, 15) is 4.79 Å². The van der Waals surface area contributed by atoms with Gasteiger partial charge in [-0.2, -0.15) is 0 Å². The summed E-state index contributed by atoms with van der Waals surface area (Å²) in [4.78, 5) is 10.6. The van der Waals surface area contributed by atoms with Gasteiger partial charge in [0, 0.05) is 12.5 Å². The Labute approximate surface area is 114 Å². The number of carboxylic acid groups (broad SMARTS) is 1. The number of aryl methyl sites for hydroxylation is 2. The van der Waals surface area contributed by atoms with E-state index in [1.54, 1.807) is 0 Å². The predicted octanol–water partition coefficient (Wildman–Crippen LogP) is 1.36. The van der Waals surface area contributed by atoms with Crippen molar-refractivity contribution >= 4 is 17.7 Å². The Hall–Kier alpha value is -1.83. The molecule has 0 spiro atoms. The van der Waals surface area contributed by atoms with Gasteiger partial charge in [0.05, 0.1) is 18.0 Å². The molecule has 2 heterocycles. The van der Waals surface area contributed by atoms with Crippen LogP contribution < -0.4 is 0 Å². The van der Waals surface area contributed by atoms with Gasteiger partial charge in [0.1, 0.15) is 5.82 Å². The van der Waals surface area contributed by atoms with Gasteiger partial charge in [-0.1, -0.05) is 23.8 Å². The van der Waals surface area contributed by atoms with Crippen molar-refractivity contribution in [2.45, 2.75) is 32.0 Å². The molecule has 0 saturated carbocycles. The highest BCUT2D eigenvalue weighted by atomic mass is 32.2. The Morgan fingerprint density at radius 1 is 1.53 bits per heavy atom. The summed E-state index contributed by atoms with van der Waals surface area (Å²) in [5.74, 6) is 0.566. The number of thioether (sulfide) groups is 1. The van der Waals surface area contributed by atoms with Crippen LogP contribution in [0.4, 0.5) is 0 Å². The fraction of sp³-hybridized carbons (Fsp3) is 0.455. The second-order valence-corrected chi connectivity index (χ2v) is 4.90. The maximum absolute atomic E-state index is 10.6. The molecule has 7 nitrogen and oxygen atoms in total. The van der Waals surface area contributed by atoms with E-state index in [0.29, 0.717) is 23.9 Å². The van der Waals surface area contributed by atoms with Gasteiger partial charge in [0.2, 0.25) is 0 Å². The lowest BCUT2D eigenvalue weighted by molar-refractivity contribution is -0.133. The van der Waals surface area contributed by atoms with Gasteiger partial charge < -0.3 is 9.63 Å². The highest BCUT2D eigenvalue weighted by Gasteiger charge is 2.14. The molecule has 0 unspecified atom stereocenters. The zero-order valence-corrected chi connectivity index (χ0v) is 11.5. The Bertz CT molecular complexity index is 578. The zero-order valence-electron chi connectivity index (χ0n) is 10.7. The molecule has 0 aliphatic heterocycles. The van der Waals surface area contributed by atoms with Crippen LogP contribution in [0, 0.1) is 6.92 Å². The molecule has 19 heavy (non-hydrogen) atoms. The average molecular weight is 282 g/mol. The van der Waals surface area contributed by atoms with Crippen molar-refractivity contribution in [3.8, 4) is 0 Å². The number of hydrogen-bond acceptors (Lipinski definition) is 6. The first-order chi connectivity index (χ1) is 9.10. The predicted molar refractivity (Wildman–Crippen MR) is 68.1 cm³/mol. The van der Waals surface area contributed by atoms with Crippen molar-refractivity contribution in [2.75, 3.05) is 5.75 Å². The van der Waals surface area contributed by atoms with Crippen LogP contribution in [-0.2, 0) is 17.8 Å². The average Bonchev–Trinajstić information content (AvgIpc) is 2.94. The highest BCUT2D eigenvalue weighted by Crippen LogP contribution is 2.19. The summed E-state index contributed by atoms with van der Waals surface area (Å²) < 4.78 is 7.02. The molecule has 0 aromatic carbocycles. The molecular formula is C11H14N4O3S. The molecule has 0 bridgehead atoms. The van der Waals surface area contributed by atoms with E-state index in [2.05, 4.69) is 15.4 Å². The Morgan fingerprint density at radius 3 is 2.89 bits per heavy atom. The van der Waals surface area contributed by atoms with Crippen LogP contribution in [0.15, 0.2) is 15.7 Å². The third kappa shape index (κ3) is 3.34. The molecule has 0 saturated heterocycles. The number of carboxylic acids is 1. The van der Waals surface area contributed by atoms with Crippen LogP contribution in [0.3, 0.4) is 0 Å². The minimum Gasteiger partial charge on any atom is -0.481 e. The summed E-state index contributed by atoms with van der Waals surface area (Å²) in [7, 11) is 0. The fourth-order valence-electron chi connectivity index (χ4n) is 1.62. The number of carbonyl (C=O) groups is 1. The van der Waals surface area contributed by atoms with E-state index in [0.717, 1.165) is 23.3 Å². The Balaban J connectivity index is 2.20. The topological polar surface area (TPSA) is 94.0 Å². The molecule has 0 aliphatic rings. The Morgan fingerprint density at radius 2 is 2.32 bits per heavy atom. The number of aromatic nitrogens is 4. The number of hydrogen-bond donors (Lipinski definition) is 1. The van der Waals surface area contributed by atoms with Crippen LogP contribution in [0.25, 0.3) is 0 Å². The van der Waals surface area contributed by atoms with Gasteiger partial charge in [-0.15, -0.1) is 10.2 Å².